The fraction of sp³-hybridized carbons (Fsp3) is 0.154. The lowest BCUT2D eigenvalue weighted by Crippen LogP contribution is -2.39. The second-order valence-corrected chi connectivity index (χ2v) is 7.61. The number of rotatable bonds is 3. The minimum Gasteiger partial charge on any atom is -0.449 e. The number of para-hydroxylation sites is 1. The largest absolute Gasteiger partial charge is 0.449 e. The van der Waals surface area contributed by atoms with Gasteiger partial charge in [-0.25, -0.2) is 4.79 Å². The molecule has 0 radical (unpaired) electrons. The van der Waals surface area contributed by atoms with Gasteiger partial charge in [0, 0.05) is 12.2 Å². The lowest BCUT2D eigenvalue weighted by molar-refractivity contribution is -0.126. The molecule has 1 aliphatic heterocycles. The van der Waals surface area contributed by atoms with Crippen molar-refractivity contribution >= 4 is 39.1 Å². The summed E-state index contributed by atoms with van der Waals surface area (Å²) in [6.45, 7) is 2.26. The van der Waals surface area contributed by atoms with Crippen LogP contribution in [0.25, 0.3) is 21.5 Å². The van der Waals surface area contributed by atoms with Crippen LogP contribution in [0.15, 0.2) is 78.9 Å². The number of hydrogen-bond donors (Lipinski definition) is 0. The van der Waals surface area contributed by atoms with Gasteiger partial charge in [-0.05, 0) is 52.6 Å². The third-order valence-corrected chi connectivity index (χ3v) is 5.76. The van der Waals surface area contributed by atoms with Gasteiger partial charge in [-0.15, -0.1) is 0 Å². The molecule has 0 aromatic heterocycles. The Morgan fingerprint density at radius 3 is 2.17 bits per heavy atom. The van der Waals surface area contributed by atoms with Crippen LogP contribution in [0, 0.1) is 0 Å². The number of fused-ring (bicyclic) bond motifs is 3. The summed E-state index contributed by atoms with van der Waals surface area (Å²) < 4.78 is 5.71. The molecule has 1 heterocycles. The molecule has 0 saturated carbocycles. The molecule has 0 saturated heterocycles. The van der Waals surface area contributed by atoms with E-state index in [1.165, 1.54) is 0 Å². The Balaban J connectivity index is 1.48. The summed E-state index contributed by atoms with van der Waals surface area (Å²) in [6.07, 6.45) is -0.0577. The normalized spacial score (nSPS) is 14.0. The number of esters is 1. The first-order valence-electron chi connectivity index (χ1n) is 10.1. The van der Waals surface area contributed by atoms with Crippen LogP contribution in [0.2, 0.25) is 0 Å². The molecule has 5 rings (SSSR count). The maximum absolute atomic E-state index is 13.3. The van der Waals surface area contributed by atoms with E-state index in [0.29, 0.717) is 12.1 Å². The first-order chi connectivity index (χ1) is 14.6. The van der Waals surface area contributed by atoms with Crippen LogP contribution in [0.4, 0.5) is 5.69 Å². The summed E-state index contributed by atoms with van der Waals surface area (Å²) in [5.74, 6) is -0.672. The number of hydrogen-bond acceptors (Lipinski definition) is 3. The highest BCUT2D eigenvalue weighted by Gasteiger charge is 2.30. The summed E-state index contributed by atoms with van der Waals surface area (Å²) in [4.78, 5) is 28.0. The standard InChI is InChI=1S/C26H21NO3/c1-17(25(28)27-15-14-18-8-4-7-13-23(18)27)30-26(29)24-21-11-5-2-9-19(21)16-20-10-3-6-12-22(20)24/h2-13,16-17H,14-15H2,1H3/t17-/m1/s1. The molecular formula is C26H21NO3. The fourth-order valence-corrected chi connectivity index (χ4v) is 4.29. The van der Waals surface area contributed by atoms with E-state index in [1.54, 1.807) is 11.8 Å². The zero-order valence-electron chi connectivity index (χ0n) is 16.7. The van der Waals surface area contributed by atoms with E-state index >= 15 is 0 Å². The summed E-state index contributed by atoms with van der Waals surface area (Å²) in [5, 5.41) is 3.59. The molecule has 30 heavy (non-hydrogen) atoms. The van der Waals surface area contributed by atoms with Crippen LogP contribution in [-0.4, -0.2) is 24.5 Å². The van der Waals surface area contributed by atoms with Gasteiger partial charge in [-0.2, -0.15) is 0 Å². The Kier molecular flexibility index (Phi) is 4.47. The van der Waals surface area contributed by atoms with Gasteiger partial charge in [-0.1, -0.05) is 66.7 Å². The third-order valence-electron chi connectivity index (χ3n) is 5.76. The highest BCUT2D eigenvalue weighted by Crippen LogP contribution is 2.31. The smallest absolute Gasteiger partial charge is 0.340 e. The lowest BCUT2D eigenvalue weighted by Gasteiger charge is -2.22. The van der Waals surface area contributed by atoms with E-state index in [4.69, 9.17) is 4.74 Å². The van der Waals surface area contributed by atoms with Gasteiger partial charge in [-0.3, -0.25) is 4.79 Å². The van der Waals surface area contributed by atoms with Crippen LogP contribution in [-0.2, 0) is 16.0 Å². The number of ether oxygens (including phenoxy) is 1. The van der Waals surface area contributed by atoms with Crippen LogP contribution in [0.3, 0.4) is 0 Å². The molecule has 4 aromatic rings. The van der Waals surface area contributed by atoms with E-state index in [-0.39, 0.29) is 5.91 Å². The molecule has 4 aromatic carbocycles. The van der Waals surface area contributed by atoms with Crippen LogP contribution < -0.4 is 4.90 Å². The van der Waals surface area contributed by atoms with Gasteiger partial charge in [0.2, 0.25) is 0 Å². The molecule has 0 aliphatic carbocycles. The quantitative estimate of drug-likeness (QED) is 0.357. The predicted octanol–water partition coefficient (Wildman–Crippen LogP) is 5.13. The summed E-state index contributed by atoms with van der Waals surface area (Å²) in [5.41, 5.74) is 2.55. The van der Waals surface area contributed by atoms with Gasteiger partial charge in [0.1, 0.15) is 0 Å². The fourth-order valence-electron chi connectivity index (χ4n) is 4.29. The summed E-state index contributed by atoms with van der Waals surface area (Å²) >= 11 is 0. The van der Waals surface area contributed by atoms with E-state index in [0.717, 1.165) is 39.2 Å². The molecule has 4 nitrogen and oxygen atoms in total. The van der Waals surface area contributed by atoms with Crippen molar-refractivity contribution < 1.29 is 14.3 Å². The van der Waals surface area contributed by atoms with Gasteiger partial charge in [0.05, 0.1) is 5.56 Å². The Labute approximate surface area is 174 Å². The third kappa shape index (κ3) is 3.01. The second kappa shape index (κ2) is 7.30. The zero-order valence-corrected chi connectivity index (χ0v) is 16.7. The minimum atomic E-state index is -0.874. The number of amides is 1. The highest BCUT2D eigenvalue weighted by atomic mass is 16.5. The van der Waals surface area contributed by atoms with Gasteiger partial charge >= 0.3 is 5.97 Å². The van der Waals surface area contributed by atoms with Gasteiger partial charge < -0.3 is 9.64 Å². The van der Waals surface area contributed by atoms with Crippen molar-refractivity contribution in [3.05, 3.63) is 90.0 Å². The molecule has 1 aliphatic rings. The Morgan fingerprint density at radius 2 is 1.47 bits per heavy atom. The Morgan fingerprint density at radius 1 is 0.867 bits per heavy atom. The summed E-state index contributed by atoms with van der Waals surface area (Å²) in [7, 11) is 0. The molecule has 148 valence electrons. The van der Waals surface area contributed by atoms with Crippen LogP contribution >= 0.6 is 0 Å². The number of benzene rings is 4. The molecule has 0 N–H and O–H groups in total. The van der Waals surface area contributed by atoms with E-state index in [1.807, 2.05) is 72.8 Å². The second-order valence-electron chi connectivity index (χ2n) is 7.61. The zero-order chi connectivity index (χ0) is 20.7. The summed E-state index contributed by atoms with van der Waals surface area (Å²) in [6, 6.07) is 25.4. The topological polar surface area (TPSA) is 46.6 Å². The molecule has 0 spiro atoms. The minimum absolute atomic E-state index is 0.196. The predicted molar refractivity (Wildman–Crippen MR) is 119 cm³/mol. The maximum atomic E-state index is 13.3. The van der Waals surface area contributed by atoms with Crippen molar-refractivity contribution in [3.8, 4) is 0 Å². The number of carbonyl (C=O) groups excluding carboxylic acids is 2. The van der Waals surface area contributed by atoms with Crippen molar-refractivity contribution in [2.45, 2.75) is 19.4 Å². The molecule has 1 amide bonds. The van der Waals surface area contributed by atoms with Crippen molar-refractivity contribution in [2.75, 3.05) is 11.4 Å². The molecule has 1 atom stereocenters. The maximum Gasteiger partial charge on any atom is 0.340 e. The van der Waals surface area contributed by atoms with Crippen LogP contribution in [0.1, 0.15) is 22.8 Å². The van der Waals surface area contributed by atoms with Crippen molar-refractivity contribution in [2.24, 2.45) is 0 Å². The first-order valence-corrected chi connectivity index (χ1v) is 10.1. The Bertz CT molecular complexity index is 1240. The number of carbonyl (C=O) groups is 2. The first kappa shape index (κ1) is 18.4. The molecule has 0 bridgehead atoms. The lowest BCUT2D eigenvalue weighted by atomic mass is 9.97. The van der Waals surface area contributed by atoms with Crippen molar-refractivity contribution in [3.63, 3.8) is 0 Å². The van der Waals surface area contributed by atoms with Gasteiger partial charge in [0.25, 0.3) is 5.91 Å². The molecule has 4 heteroatoms. The Hall–Kier alpha value is -3.66. The average Bonchev–Trinajstić information content (AvgIpc) is 3.20. The van der Waals surface area contributed by atoms with E-state index in [2.05, 4.69) is 6.07 Å². The van der Waals surface area contributed by atoms with Crippen molar-refractivity contribution in [1.29, 1.82) is 0 Å². The molecule has 0 unspecified atom stereocenters. The van der Waals surface area contributed by atoms with E-state index in [9.17, 15) is 9.59 Å². The molecular weight excluding hydrogens is 374 g/mol. The van der Waals surface area contributed by atoms with Crippen molar-refractivity contribution in [1.82, 2.24) is 0 Å². The molecule has 0 fully saturated rings. The van der Waals surface area contributed by atoms with Crippen LogP contribution in [0.5, 0.6) is 0 Å². The number of anilines is 1. The monoisotopic (exact) mass is 395 g/mol. The number of nitrogens with zero attached hydrogens (tertiary/aromatic N) is 1. The van der Waals surface area contributed by atoms with E-state index < -0.39 is 12.1 Å². The average molecular weight is 395 g/mol. The van der Waals surface area contributed by atoms with Gasteiger partial charge in [0.15, 0.2) is 6.10 Å². The highest BCUT2D eigenvalue weighted by molar-refractivity contribution is 6.17. The SMILES string of the molecule is C[C@@H](OC(=O)c1c2ccccc2cc2ccccc12)C(=O)N1CCc2ccccc21.